The van der Waals surface area contributed by atoms with Crippen molar-refractivity contribution < 1.29 is 9.63 Å². The van der Waals surface area contributed by atoms with Crippen molar-refractivity contribution >= 4 is 35.2 Å². The summed E-state index contributed by atoms with van der Waals surface area (Å²) in [7, 11) is 0. The van der Waals surface area contributed by atoms with Crippen LogP contribution in [0.3, 0.4) is 0 Å². The van der Waals surface area contributed by atoms with E-state index < -0.39 is 0 Å². The van der Waals surface area contributed by atoms with Crippen molar-refractivity contribution in [2.75, 3.05) is 12.5 Å². The maximum absolute atomic E-state index is 11.6. The lowest BCUT2D eigenvalue weighted by Gasteiger charge is -2.18. The van der Waals surface area contributed by atoms with Crippen molar-refractivity contribution in [2.45, 2.75) is 20.8 Å². The molecule has 0 aromatic heterocycles. The summed E-state index contributed by atoms with van der Waals surface area (Å²) in [4.78, 5) is 16.3. The molecule has 0 N–H and O–H groups in total. The second-order valence-corrected chi connectivity index (χ2v) is 6.03. The molecule has 0 unspecified atom stereocenters. The van der Waals surface area contributed by atoms with E-state index in [0.29, 0.717) is 5.57 Å². The van der Waals surface area contributed by atoms with E-state index in [0.717, 1.165) is 9.95 Å². The van der Waals surface area contributed by atoms with Gasteiger partial charge in [-0.05, 0) is 12.5 Å². The summed E-state index contributed by atoms with van der Waals surface area (Å²) in [6, 6.07) is 0. The predicted octanol–water partition coefficient (Wildman–Crippen LogP) is 2.88. The lowest BCUT2D eigenvalue weighted by Crippen LogP contribution is -2.22. The molecule has 1 aliphatic rings. The lowest BCUT2D eigenvalue weighted by molar-refractivity contribution is -0.136. The van der Waals surface area contributed by atoms with Crippen LogP contribution in [0.4, 0.5) is 0 Å². The van der Waals surface area contributed by atoms with Crippen molar-refractivity contribution in [1.29, 1.82) is 0 Å². The lowest BCUT2D eigenvalue weighted by atomic mass is 9.86. The van der Waals surface area contributed by atoms with E-state index in [4.69, 9.17) is 4.84 Å². The van der Waals surface area contributed by atoms with Gasteiger partial charge in [-0.1, -0.05) is 25.9 Å². The summed E-state index contributed by atoms with van der Waals surface area (Å²) in [5.41, 5.74) is 1.20. The van der Waals surface area contributed by atoms with Crippen molar-refractivity contribution in [3.8, 4) is 0 Å². The maximum atomic E-state index is 11.6. The van der Waals surface area contributed by atoms with E-state index >= 15 is 0 Å². The average Bonchev–Trinajstić information content (AvgIpc) is 2.50. The van der Waals surface area contributed by atoms with Gasteiger partial charge in [0.05, 0.1) is 4.24 Å². The van der Waals surface area contributed by atoms with Gasteiger partial charge in [0.25, 0.3) is 0 Å². The third kappa shape index (κ3) is 2.58. The van der Waals surface area contributed by atoms with Crippen LogP contribution in [-0.2, 0) is 9.63 Å². The molecule has 15 heavy (non-hydrogen) atoms. The molecule has 1 aliphatic heterocycles. The minimum atomic E-state index is -0.335. The zero-order chi connectivity index (χ0) is 11.6. The highest BCUT2D eigenvalue weighted by molar-refractivity contribution is 8.21. The van der Waals surface area contributed by atoms with Gasteiger partial charge in [-0.2, -0.15) is 0 Å². The van der Waals surface area contributed by atoms with Gasteiger partial charge in [0, 0.05) is 5.41 Å². The first kappa shape index (κ1) is 12.6. The van der Waals surface area contributed by atoms with Crippen molar-refractivity contribution in [2.24, 2.45) is 10.6 Å². The van der Waals surface area contributed by atoms with Gasteiger partial charge in [0.15, 0.2) is 0 Å². The molecular weight excluding hydrogens is 230 g/mol. The van der Waals surface area contributed by atoms with Gasteiger partial charge in [-0.25, -0.2) is 4.79 Å². The molecule has 0 amide bonds. The molecule has 1 rings (SSSR count). The van der Waals surface area contributed by atoms with Gasteiger partial charge in [0.1, 0.15) is 11.3 Å². The van der Waals surface area contributed by atoms with Crippen LogP contribution in [0.2, 0.25) is 0 Å². The van der Waals surface area contributed by atoms with E-state index in [9.17, 15) is 4.79 Å². The smallest absolute Gasteiger partial charge is 0.312 e. The number of oxime groups is 1. The number of nitrogens with zero attached hydrogens (tertiary/aromatic N) is 1. The molecule has 0 spiro atoms. The Morgan fingerprint density at radius 1 is 1.27 bits per heavy atom. The van der Waals surface area contributed by atoms with E-state index in [2.05, 4.69) is 5.16 Å². The van der Waals surface area contributed by atoms with E-state index in [1.54, 1.807) is 23.5 Å². The molecule has 0 saturated heterocycles. The van der Waals surface area contributed by atoms with Crippen molar-refractivity contribution in [1.82, 2.24) is 0 Å². The first-order chi connectivity index (χ1) is 6.91. The summed E-state index contributed by atoms with van der Waals surface area (Å²) in [5.74, 6) is -0.335. The Hall–Kier alpha value is -0.420. The van der Waals surface area contributed by atoms with Crippen LogP contribution < -0.4 is 0 Å². The Morgan fingerprint density at radius 2 is 1.80 bits per heavy atom. The quantitative estimate of drug-likeness (QED) is 0.554. The average molecular weight is 245 g/mol. The standard InChI is InChI=1S/C10H15NO2S2/c1-10(2,3)7-6(8(12)13-11-7)9(14-4)15-5/h1-5H3. The van der Waals surface area contributed by atoms with Crippen LogP contribution in [0, 0.1) is 5.41 Å². The zero-order valence-corrected chi connectivity index (χ0v) is 11.2. The number of hydrogen-bond acceptors (Lipinski definition) is 5. The Balaban J connectivity index is 3.21. The molecular formula is C10H15NO2S2. The molecule has 1 heterocycles. The Bertz CT molecular complexity index is 334. The van der Waals surface area contributed by atoms with Gasteiger partial charge in [-0.15, -0.1) is 23.5 Å². The topological polar surface area (TPSA) is 38.7 Å². The highest BCUT2D eigenvalue weighted by Crippen LogP contribution is 2.35. The van der Waals surface area contributed by atoms with Gasteiger partial charge < -0.3 is 4.84 Å². The third-order valence-electron chi connectivity index (χ3n) is 1.95. The normalized spacial score (nSPS) is 16.5. The van der Waals surface area contributed by atoms with Gasteiger partial charge in [0.2, 0.25) is 0 Å². The fraction of sp³-hybridized carbons (Fsp3) is 0.600. The minimum Gasteiger partial charge on any atom is -0.312 e. The Morgan fingerprint density at radius 3 is 2.20 bits per heavy atom. The van der Waals surface area contributed by atoms with Crippen LogP contribution in [0.25, 0.3) is 0 Å². The summed E-state index contributed by atoms with van der Waals surface area (Å²) < 4.78 is 0.964. The molecule has 0 atom stereocenters. The summed E-state index contributed by atoms with van der Waals surface area (Å²) in [5, 5.41) is 3.87. The molecule has 0 aliphatic carbocycles. The molecule has 0 saturated carbocycles. The van der Waals surface area contributed by atoms with Crippen molar-refractivity contribution in [3.05, 3.63) is 9.81 Å². The van der Waals surface area contributed by atoms with Crippen LogP contribution >= 0.6 is 23.5 Å². The summed E-state index contributed by atoms with van der Waals surface area (Å²) in [6.07, 6.45) is 3.90. The predicted molar refractivity (Wildman–Crippen MR) is 67.0 cm³/mol. The monoisotopic (exact) mass is 245 g/mol. The van der Waals surface area contributed by atoms with Crippen LogP contribution in [0.1, 0.15) is 20.8 Å². The molecule has 0 aromatic carbocycles. The second-order valence-electron chi connectivity index (χ2n) is 4.14. The fourth-order valence-electron chi connectivity index (χ4n) is 1.25. The number of thioether (sulfide) groups is 2. The highest BCUT2D eigenvalue weighted by Gasteiger charge is 2.36. The Labute approximate surface area is 98.7 Å². The molecule has 0 bridgehead atoms. The van der Waals surface area contributed by atoms with E-state index in [-0.39, 0.29) is 11.4 Å². The SMILES string of the molecule is CSC(SC)=C1C(=O)ON=C1C(C)(C)C. The maximum Gasteiger partial charge on any atom is 0.369 e. The molecule has 0 aromatic rings. The highest BCUT2D eigenvalue weighted by atomic mass is 32.2. The van der Waals surface area contributed by atoms with Gasteiger partial charge >= 0.3 is 5.97 Å². The van der Waals surface area contributed by atoms with Crippen molar-refractivity contribution in [3.63, 3.8) is 0 Å². The van der Waals surface area contributed by atoms with E-state index in [1.807, 2.05) is 33.3 Å². The summed E-state index contributed by atoms with van der Waals surface area (Å²) >= 11 is 3.10. The number of carbonyl (C=O) groups is 1. The molecule has 3 nitrogen and oxygen atoms in total. The first-order valence-corrected chi connectivity index (χ1v) is 6.99. The van der Waals surface area contributed by atoms with Crippen LogP contribution in [0.15, 0.2) is 15.0 Å². The zero-order valence-electron chi connectivity index (χ0n) is 9.58. The number of carbonyl (C=O) groups excluding carboxylic acids is 1. The Kier molecular flexibility index (Phi) is 3.89. The second kappa shape index (κ2) is 4.61. The first-order valence-electron chi connectivity index (χ1n) is 4.54. The molecule has 0 radical (unpaired) electrons. The van der Waals surface area contributed by atoms with Crippen LogP contribution in [0.5, 0.6) is 0 Å². The van der Waals surface area contributed by atoms with Gasteiger partial charge in [-0.3, -0.25) is 0 Å². The van der Waals surface area contributed by atoms with Crippen LogP contribution in [-0.4, -0.2) is 24.2 Å². The molecule has 84 valence electrons. The minimum absolute atomic E-state index is 0.168. The fourth-order valence-corrected chi connectivity index (χ4v) is 2.69. The van der Waals surface area contributed by atoms with E-state index in [1.165, 1.54) is 0 Å². The number of hydrogen-bond donors (Lipinski definition) is 0. The number of rotatable bonds is 2. The molecule has 0 fully saturated rings. The largest absolute Gasteiger partial charge is 0.369 e. The summed E-state index contributed by atoms with van der Waals surface area (Å²) in [6.45, 7) is 6.06. The molecule has 5 heteroatoms. The third-order valence-corrected chi connectivity index (χ3v) is 4.10.